The second kappa shape index (κ2) is 4.78. The molecule has 0 spiro atoms. The molecule has 0 atom stereocenters. The number of carbonyl (C=O) groups excluding carboxylic acids is 1. The van der Waals surface area contributed by atoms with Crippen molar-refractivity contribution >= 4 is 34.8 Å². The molecular formula is C10H11IN2O2. The fourth-order valence-corrected chi connectivity index (χ4v) is 1.87. The van der Waals surface area contributed by atoms with Crippen molar-refractivity contribution in [3.63, 3.8) is 0 Å². The quantitative estimate of drug-likeness (QED) is 0.797. The van der Waals surface area contributed by atoms with E-state index in [1.807, 2.05) is 18.2 Å². The molecule has 1 saturated heterocycles. The summed E-state index contributed by atoms with van der Waals surface area (Å²) < 4.78 is 4.59. The molecule has 1 aromatic rings. The van der Waals surface area contributed by atoms with Crippen LogP contribution < -0.4 is 4.90 Å². The zero-order valence-electron chi connectivity index (χ0n) is 8.10. The molecule has 1 aliphatic rings. The molecule has 0 N–H and O–H groups in total. The fourth-order valence-electron chi connectivity index (χ4n) is 1.69. The lowest BCUT2D eigenvalue weighted by atomic mass is 9.96. The van der Waals surface area contributed by atoms with E-state index in [-0.39, 0.29) is 5.97 Å². The zero-order chi connectivity index (χ0) is 10.7. The minimum Gasteiger partial charge on any atom is -0.394 e. The van der Waals surface area contributed by atoms with Crippen molar-refractivity contribution in [1.82, 2.24) is 4.98 Å². The van der Waals surface area contributed by atoms with Crippen LogP contribution in [-0.2, 0) is 7.86 Å². The molecular weight excluding hydrogens is 307 g/mol. The predicted octanol–water partition coefficient (Wildman–Crippen LogP) is 1.80. The second-order valence-corrected chi connectivity index (χ2v) is 4.05. The average Bonchev–Trinajstić information content (AvgIpc) is 2.23. The van der Waals surface area contributed by atoms with Crippen LogP contribution in [0.3, 0.4) is 0 Å². The number of rotatable bonds is 3. The Morgan fingerprint density at radius 3 is 3.00 bits per heavy atom. The Labute approximate surface area is 102 Å². The molecule has 15 heavy (non-hydrogen) atoms. The topological polar surface area (TPSA) is 42.4 Å². The van der Waals surface area contributed by atoms with Crippen molar-refractivity contribution in [2.45, 2.75) is 6.42 Å². The highest BCUT2D eigenvalue weighted by molar-refractivity contribution is 14.1. The molecule has 2 heterocycles. The number of pyridine rings is 1. The van der Waals surface area contributed by atoms with Gasteiger partial charge in [0.25, 0.3) is 0 Å². The third-order valence-electron chi connectivity index (χ3n) is 2.47. The maximum absolute atomic E-state index is 11.0. The average molecular weight is 318 g/mol. The van der Waals surface area contributed by atoms with Crippen LogP contribution in [0.15, 0.2) is 24.4 Å². The first-order chi connectivity index (χ1) is 7.29. The minimum atomic E-state index is -0.138. The van der Waals surface area contributed by atoms with Gasteiger partial charge in [0.05, 0.1) is 6.42 Å². The van der Waals surface area contributed by atoms with Gasteiger partial charge in [-0.15, -0.1) is 0 Å². The number of halogens is 1. The van der Waals surface area contributed by atoms with Crippen molar-refractivity contribution in [1.29, 1.82) is 0 Å². The van der Waals surface area contributed by atoms with E-state index < -0.39 is 0 Å². The van der Waals surface area contributed by atoms with Crippen molar-refractivity contribution in [3.8, 4) is 0 Å². The molecule has 80 valence electrons. The predicted molar refractivity (Wildman–Crippen MR) is 64.7 cm³/mol. The second-order valence-electron chi connectivity index (χ2n) is 3.61. The first-order valence-electron chi connectivity index (χ1n) is 4.77. The van der Waals surface area contributed by atoms with Gasteiger partial charge in [0, 0.05) is 25.2 Å². The Hall–Kier alpha value is -0.850. The van der Waals surface area contributed by atoms with Crippen LogP contribution >= 0.6 is 23.0 Å². The molecule has 1 fully saturated rings. The monoisotopic (exact) mass is 318 g/mol. The van der Waals surface area contributed by atoms with E-state index in [1.54, 1.807) is 29.2 Å². The molecule has 5 heteroatoms. The van der Waals surface area contributed by atoms with Gasteiger partial charge in [-0.1, -0.05) is 6.07 Å². The van der Waals surface area contributed by atoms with Crippen molar-refractivity contribution in [2.75, 3.05) is 18.0 Å². The van der Waals surface area contributed by atoms with E-state index >= 15 is 0 Å². The van der Waals surface area contributed by atoms with Gasteiger partial charge in [0.2, 0.25) is 0 Å². The van der Waals surface area contributed by atoms with Crippen LogP contribution in [0.25, 0.3) is 0 Å². The number of carbonyl (C=O) groups is 1. The van der Waals surface area contributed by atoms with Crippen LogP contribution in [0, 0.1) is 5.92 Å². The molecule has 1 aliphatic heterocycles. The van der Waals surface area contributed by atoms with E-state index in [1.165, 1.54) is 0 Å². The Morgan fingerprint density at radius 1 is 1.60 bits per heavy atom. The molecule has 1 aromatic heterocycles. The molecule has 0 aliphatic carbocycles. The molecule has 0 aromatic carbocycles. The Bertz CT molecular complexity index is 339. The first kappa shape index (κ1) is 10.7. The highest BCUT2D eigenvalue weighted by atomic mass is 127. The van der Waals surface area contributed by atoms with Crippen molar-refractivity contribution in [2.24, 2.45) is 5.92 Å². The van der Waals surface area contributed by atoms with E-state index in [0.29, 0.717) is 12.3 Å². The summed E-state index contributed by atoms with van der Waals surface area (Å²) in [5.74, 6) is 1.26. The molecule has 0 radical (unpaired) electrons. The fraction of sp³-hybridized carbons (Fsp3) is 0.400. The maximum atomic E-state index is 11.0. The van der Waals surface area contributed by atoms with Gasteiger partial charge in [0.1, 0.15) is 5.82 Å². The lowest BCUT2D eigenvalue weighted by Crippen LogP contribution is -2.47. The highest BCUT2D eigenvalue weighted by Crippen LogP contribution is 2.24. The van der Waals surface area contributed by atoms with Crippen LogP contribution in [0.4, 0.5) is 5.82 Å². The SMILES string of the molecule is O=C(CC1CN(c2ccccn2)C1)OI. The van der Waals surface area contributed by atoms with Crippen molar-refractivity contribution in [3.05, 3.63) is 24.4 Å². The van der Waals surface area contributed by atoms with E-state index in [2.05, 4.69) is 13.0 Å². The Balaban J connectivity index is 1.81. The van der Waals surface area contributed by atoms with Gasteiger partial charge in [-0.3, -0.25) is 4.79 Å². The summed E-state index contributed by atoms with van der Waals surface area (Å²) in [7, 11) is 0. The summed E-state index contributed by atoms with van der Waals surface area (Å²) in [5.41, 5.74) is 0. The molecule has 0 unspecified atom stereocenters. The summed E-state index contributed by atoms with van der Waals surface area (Å²) in [4.78, 5) is 17.4. The van der Waals surface area contributed by atoms with E-state index in [9.17, 15) is 4.79 Å². The van der Waals surface area contributed by atoms with E-state index in [0.717, 1.165) is 18.9 Å². The van der Waals surface area contributed by atoms with Gasteiger partial charge >= 0.3 is 5.97 Å². The van der Waals surface area contributed by atoms with Crippen LogP contribution in [0.5, 0.6) is 0 Å². The van der Waals surface area contributed by atoms with E-state index in [4.69, 9.17) is 0 Å². The van der Waals surface area contributed by atoms with Crippen LogP contribution in [0.2, 0.25) is 0 Å². The van der Waals surface area contributed by atoms with Gasteiger partial charge in [0.15, 0.2) is 23.0 Å². The standard InChI is InChI=1S/C10H11IN2O2/c11-15-10(14)5-8-6-13(7-8)9-3-1-2-4-12-9/h1-4,8H,5-7H2. The number of aromatic nitrogens is 1. The normalized spacial score (nSPS) is 15.9. The summed E-state index contributed by atoms with van der Waals surface area (Å²) in [6, 6.07) is 5.84. The molecule has 4 nitrogen and oxygen atoms in total. The Kier molecular flexibility index (Phi) is 3.40. The third kappa shape index (κ3) is 2.58. The number of hydrogen-bond donors (Lipinski definition) is 0. The smallest absolute Gasteiger partial charge is 0.315 e. The lowest BCUT2D eigenvalue weighted by molar-refractivity contribution is -0.132. The highest BCUT2D eigenvalue weighted by Gasteiger charge is 2.29. The molecule has 2 rings (SSSR count). The largest absolute Gasteiger partial charge is 0.394 e. The number of hydrogen-bond acceptors (Lipinski definition) is 4. The number of nitrogens with zero attached hydrogens (tertiary/aromatic N) is 2. The summed E-state index contributed by atoms with van der Waals surface area (Å²) in [6.07, 6.45) is 2.29. The minimum absolute atomic E-state index is 0.138. The van der Waals surface area contributed by atoms with Gasteiger partial charge in [-0.05, 0) is 12.1 Å². The number of anilines is 1. The molecule has 0 saturated carbocycles. The van der Waals surface area contributed by atoms with Gasteiger partial charge < -0.3 is 7.97 Å². The third-order valence-corrected chi connectivity index (χ3v) is 2.96. The van der Waals surface area contributed by atoms with Crippen LogP contribution in [0.1, 0.15) is 6.42 Å². The summed E-state index contributed by atoms with van der Waals surface area (Å²) in [5, 5.41) is 0. The Morgan fingerprint density at radius 2 is 2.40 bits per heavy atom. The molecule has 0 bridgehead atoms. The van der Waals surface area contributed by atoms with Gasteiger partial charge in [-0.2, -0.15) is 0 Å². The molecule has 0 amide bonds. The maximum Gasteiger partial charge on any atom is 0.315 e. The van der Waals surface area contributed by atoms with Gasteiger partial charge in [-0.25, -0.2) is 4.98 Å². The first-order valence-corrected chi connectivity index (χ1v) is 5.65. The van der Waals surface area contributed by atoms with Crippen molar-refractivity contribution < 1.29 is 7.86 Å². The zero-order valence-corrected chi connectivity index (χ0v) is 10.3. The lowest BCUT2D eigenvalue weighted by Gasteiger charge is -2.39. The summed E-state index contributed by atoms with van der Waals surface area (Å²) >= 11 is 1.63. The summed E-state index contributed by atoms with van der Waals surface area (Å²) in [6.45, 7) is 1.78. The van der Waals surface area contributed by atoms with Crippen LogP contribution in [-0.4, -0.2) is 24.0 Å².